The Morgan fingerprint density at radius 2 is 2.00 bits per heavy atom. The maximum atomic E-state index is 11.2. The van der Waals surface area contributed by atoms with E-state index in [1.54, 1.807) is 6.07 Å². The van der Waals surface area contributed by atoms with E-state index < -0.39 is 10.0 Å². The Kier molecular flexibility index (Phi) is 3.10. The molecule has 0 amide bonds. The fourth-order valence-electron chi connectivity index (χ4n) is 2.40. The molecule has 104 valence electrons. The lowest BCUT2D eigenvalue weighted by atomic mass is 10.2. The zero-order valence-electron chi connectivity index (χ0n) is 11.1. The number of sulfonamides is 1. The molecule has 0 saturated heterocycles. The van der Waals surface area contributed by atoms with E-state index in [2.05, 4.69) is 26.7 Å². The highest BCUT2D eigenvalue weighted by Crippen LogP contribution is 2.33. The fraction of sp³-hybridized carbons (Fsp3) is 0.214. The van der Waals surface area contributed by atoms with Crippen molar-refractivity contribution in [3.05, 3.63) is 48.2 Å². The van der Waals surface area contributed by atoms with Gasteiger partial charge < -0.3 is 4.90 Å². The Balaban J connectivity index is 1.86. The number of anilines is 3. The standard InChI is InChI=1S/C14H15N3O2S/c1-20(18,19)16-12-6-7-14(15-10-12)17-9-8-11-4-2-3-5-13(11)17/h2-7,10,16H,8-9H2,1H3. The number of nitrogens with zero attached hydrogens (tertiary/aromatic N) is 2. The number of hydrogen-bond acceptors (Lipinski definition) is 4. The highest BCUT2D eigenvalue weighted by atomic mass is 32.2. The van der Waals surface area contributed by atoms with Crippen molar-refractivity contribution in [2.75, 3.05) is 22.4 Å². The molecule has 20 heavy (non-hydrogen) atoms. The zero-order valence-corrected chi connectivity index (χ0v) is 11.9. The first-order chi connectivity index (χ1) is 9.53. The van der Waals surface area contributed by atoms with Crippen molar-refractivity contribution in [3.8, 4) is 0 Å². The zero-order chi connectivity index (χ0) is 14.2. The predicted molar refractivity (Wildman–Crippen MR) is 79.9 cm³/mol. The van der Waals surface area contributed by atoms with Crippen molar-refractivity contribution in [1.82, 2.24) is 4.98 Å². The Labute approximate surface area is 118 Å². The molecule has 0 unspecified atom stereocenters. The molecule has 0 spiro atoms. The number of para-hydroxylation sites is 1. The topological polar surface area (TPSA) is 62.3 Å². The summed E-state index contributed by atoms with van der Waals surface area (Å²) in [6.45, 7) is 0.894. The van der Waals surface area contributed by atoms with Gasteiger partial charge in [0.1, 0.15) is 5.82 Å². The van der Waals surface area contributed by atoms with Crippen molar-refractivity contribution >= 4 is 27.2 Å². The lowest BCUT2D eigenvalue weighted by molar-refractivity contribution is 0.607. The number of hydrogen-bond donors (Lipinski definition) is 1. The molecule has 5 nitrogen and oxygen atoms in total. The van der Waals surface area contributed by atoms with Gasteiger partial charge in [0.25, 0.3) is 0 Å². The number of nitrogens with one attached hydrogen (secondary N) is 1. The normalized spacial score (nSPS) is 14.2. The summed E-state index contributed by atoms with van der Waals surface area (Å²) >= 11 is 0. The Morgan fingerprint density at radius 3 is 2.70 bits per heavy atom. The summed E-state index contributed by atoms with van der Waals surface area (Å²) in [5.41, 5.74) is 2.96. The summed E-state index contributed by atoms with van der Waals surface area (Å²) in [5, 5.41) is 0. The van der Waals surface area contributed by atoms with Gasteiger partial charge in [-0.15, -0.1) is 0 Å². The molecule has 3 rings (SSSR count). The second-order valence-electron chi connectivity index (χ2n) is 4.81. The summed E-state index contributed by atoms with van der Waals surface area (Å²) in [5.74, 6) is 0.828. The van der Waals surface area contributed by atoms with Crippen LogP contribution in [0.1, 0.15) is 5.56 Å². The van der Waals surface area contributed by atoms with Crippen LogP contribution in [0, 0.1) is 0 Å². The van der Waals surface area contributed by atoms with E-state index in [1.165, 1.54) is 17.4 Å². The molecule has 0 saturated carbocycles. The molecule has 1 aromatic heterocycles. The third-order valence-corrected chi connectivity index (χ3v) is 3.82. The van der Waals surface area contributed by atoms with Crippen LogP contribution >= 0.6 is 0 Å². The van der Waals surface area contributed by atoms with Gasteiger partial charge in [0, 0.05) is 12.2 Å². The van der Waals surface area contributed by atoms with Crippen LogP contribution in [0.3, 0.4) is 0 Å². The van der Waals surface area contributed by atoms with Gasteiger partial charge >= 0.3 is 0 Å². The molecule has 2 aromatic rings. The lowest BCUT2D eigenvalue weighted by Crippen LogP contribution is -2.15. The summed E-state index contributed by atoms with van der Waals surface area (Å²) in [7, 11) is -3.26. The smallest absolute Gasteiger partial charge is 0.229 e. The molecule has 1 aliphatic heterocycles. The monoisotopic (exact) mass is 289 g/mol. The molecule has 2 heterocycles. The largest absolute Gasteiger partial charge is 0.326 e. The lowest BCUT2D eigenvalue weighted by Gasteiger charge is -2.18. The highest BCUT2D eigenvalue weighted by Gasteiger charge is 2.20. The van der Waals surface area contributed by atoms with Gasteiger partial charge in [-0.1, -0.05) is 18.2 Å². The van der Waals surface area contributed by atoms with Crippen LogP contribution in [-0.2, 0) is 16.4 Å². The van der Waals surface area contributed by atoms with E-state index >= 15 is 0 Å². The van der Waals surface area contributed by atoms with Crippen molar-refractivity contribution in [2.24, 2.45) is 0 Å². The number of benzene rings is 1. The quantitative estimate of drug-likeness (QED) is 0.940. The Morgan fingerprint density at radius 1 is 1.20 bits per heavy atom. The number of pyridine rings is 1. The Bertz CT molecular complexity index is 726. The third kappa shape index (κ3) is 2.60. The highest BCUT2D eigenvalue weighted by molar-refractivity contribution is 7.92. The molecule has 1 aromatic carbocycles. The van der Waals surface area contributed by atoms with Crippen molar-refractivity contribution in [3.63, 3.8) is 0 Å². The van der Waals surface area contributed by atoms with E-state index in [0.717, 1.165) is 25.0 Å². The minimum Gasteiger partial charge on any atom is -0.326 e. The maximum Gasteiger partial charge on any atom is 0.229 e. The molecule has 0 atom stereocenters. The van der Waals surface area contributed by atoms with E-state index in [0.29, 0.717) is 5.69 Å². The first-order valence-electron chi connectivity index (χ1n) is 6.32. The minimum atomic E-state index is -3.26. The fourth-order valence-corrected chi connectivity index (χ4v) is 2.95. The van der Waals surface area contributed by atoms with Gasteiger partial charge in [0.05, 0.1) is 18.1 Å². The van der Waals surface area contributed by atoms with Crippen LogP contribution in [0.5, 0.6) is 0 Å². The van der Waals surface area contributed by atoms with E-state index in [9.17, 15) is 8.42 Å². The third-order valence-electron chi connectivity index (χ3n) is 3.21. The number of aromatic nitrogens is 1. The van der Waals surface area contributed by atoms with Crippen LogP contribution < -0.4 is 9.62 Å². The van der Waals surface area contributed by atoms with Gasteiger partial charge in [0.15, 0.2) is 0 Å². The molecule has 6 heteroatoms. The minimum absolute atomic E-state index is 0.476. The van der Waals surface area contributed by atoms with E-state index in [-0.39, 0.29) is 0 Å². The average molecular weight is 289 g/mol. The molecule has 0 radical (unpaired) electrons. The van der Waals surface area contributed by atoms with Crippen LogP contribution in [0.25, 0.3) is 0 Å². The SMILES string of the molecule is CS(=O)(=O)Nc1ccc(N2CCc3ccccc32)nc1. The molecular weight excluding hydrogens is 274 g/mol. The van der Waals surface area contributed by atoms with Gasteiger partial charge in [-0.05, 0) is 30.2 Å². The molecule has 0 bridgehead atoms. The van der Waals surface area contributed by atoms with Crippen LogP contribution in [0.4, 0.5) is 17.2 Å². The van der Waals surface area contributed by atoms with Crippen molar-refractivity contribution in [1.29, 1.82) is 0 Å². The molecule has 1 N–H and O–H groups in total. The predicted octanol–water partition coefficient (Wildman–Crippen LogP) is 2.15. The van der Waals surface area contributed by atoms with Crippen LogP contribution in [0.2, 0.25) is 0 Å². The first kappa shape index (κ1) is 12.9. The van der Waals surface area contributed by atoms with Crippen molar-refractivity contribution in [2.45, 2.75) is 6.42 Å². The summed E-state index contributed by atoms with van der Waals surface area (Å²) in [6, 6.07) is 11.8. The van der Waals surface area contributed by atoms with Crippen molar-refractivity contribution < 1.29 is 8.42 Å². The second kappa shape index (κ2) is 4.79. The van der Waals surface area contributed by atoms with Gasteiger partial charge in [0.2, 0.25) is 10.0 Å². The summed E-state index contributed by atoms with van der Waals surface area (Å²) < 4.78 is 24.7. The molecule has 0 fully saturated rings. The maximum absolute atomic E-state index is 11.2. The van der Waals surface area contributed by atoms with Gasteiger partial charge in [-0.25, -0.2) is 13.4 Å². The molecule has 0 aliphatic carbocycles. The van der Waals surface area contributed by atoms with E-state index in [4.69, 9.17) is 0 Å². The summed E-state index contributed by atoms with van der Waals surface area (Å²) in [4.78, 5) is 6.48. The number of fused-ring (bicyclic) bond motifs is 1. The average Bonchev–Trinajstić information content (AvgIpc) is 2.82. The van der Waals surface area contributed by atoms with E-state index in [1.807, 2.05) is 18.2 Å². The first-order valence-corrected chi connectivity index (χ1v) is 8.21. The molecule has 1 aliphatic rings. The molecular formula is C14H15N3O2S. The van der Waals surface area contributed by atoms with Gasteiger partial charge in [-0.3, -0.25) is 4.72 Å². The van der Waals surface area contributed by atoms with Crippen LogP contribution in [0.15, 0.2) is 42.6 Å². The second-order valence-corrected chi connectivity index (χ2v) is 6.56. The Hall–Kier alpha value is -2.08. The number of rotatable bonds is 3. The summed E-state index contributed by atoms with van der Waals surface area (Å²) in [6.07, 6.45) is 3.66. The van der Waals surface area contributed by atoms with Crippen LogP contribution in [-0.4, -0.2) is 26.2 Å². The van der Waals surface area contributed by atoms with Gasteiger partial charge in [-0.2, -0.15) is 0 Å².